The van der Waals surface area contributed by atoms with Crippen LogP contribution in [0.4, 0.5) is 0 Å². The average Bonchev–Trinajstić information content (AvgIpc) is 2.73. The molecule has 1 heterocycles. The molecular formula is C10H20N6OS. The van der Waals surface area contributed by atoms with Gasteiger partial charge in [-0.3, -0.25) is 4.79 Å². The molecule has 0 unspecified atom stereocenters. The molecule has 1 rings (SSSR count). The first-order valence-electron chi connectivity index (χ1n) is 6.02. The highest BCUT2D eigenvalue weighted by atomic mass is 32.2. The van der Waals surface area contributed by atoms with E-state index in [4.69, 9.17) is 0 Å². The van der Waals surface area contributed by atoms with E-state index in [1.54, 1.807) is 4.68 Å². The zero-order valence-corrected chi connectivity index (χ0v) is 11.8. The summed E-state index contributed by atoms with van der Waals surface area (Å²) in [5, 5.41) is 18.1. The second-order valence-electron chi connectivity index (χ2n) is 4.05. The van der Waals surface area contributed by atoms with E-state index in [9.17, 15) is 4.79 Å². The Morgan fingerprint density at radius 3 is 2.94 bits per heavy atom. The molecule has 0 radical (unpaired) electrons. The van der Waals surface area contributed by atoms with Crippen molar-refractivity contribution in [2.75, 3.05) is 18.8 Å². The van der Waals surface area contributed by atoms with Crippen LogP contribution in [-0.4, -0.2) is 51.0 Å². The lowest BCUT2D eigenvalue weighted by molar-refractivity contribution is -0.119. The van der Waals surface area contributed by atoms with E-state index < -0.39 is 0 Å². The molecule has 0 aliphatic heterocycles. The van der Waals surface area contributed by atoms with Crippen LogP contribution in [0.2, 0.25) is 0 Å². The number of amides is 1. The van der Waals surface area contributed by atoms with Gasteiger partial charge in [-0.15, -0.1) is 5.10 Å². The standard InChI is InChI=1S/C10H20N6OS/c1-4-11-5-6-16-10(13-14-15-16)18-7-9(17)12-8(2)3/h8,11H,4-7H2,1-3H3,(H,12,17). The van der Waals surface area contributed by atoms with Gasteiger partial charge in [0.25, 0.3) is 0 Å². The van der Waals surface area contributed by atoms with Crippen molar-refractivity contribution in [1.82, 2.24) is 30.8 Å². The summed E-state index contributed by atoms with van der Waals surface area (Å²) >= 11 is 1.35. The fraction of sp³-hybridized carbons (Fsp3) is 0.800. The zero-order valence-electron chi connectivity index (χ0n) is 11.0. The van der Waals surface area contributed by atoms with Crippen molar-refractivity contribution >= 4 is 17.7 Å². The minimum absolute atomic E-state index is 0.00349. The molecule has 1 aromatic rings. The average molecular weight is 272 g/mol. The van der Waals surface area contributed by atoms with Crippen molar-refractivity contribution in [3.05, 3.63) is 0 Å². The summed E-state index contributed by atoms with van der Waals surface area (Å²) < 4.78 is 1.70. The maximum atomic E-state index is 11.5. The summed E-state index contributed by atoms with van der Waals surface area (Å²) in [6, 6.07) is 0.155. The highest BCUT2D eigenvalue weighted by Crippen LogP contribution is 2.12. The molecule has 0 atom stereocenters. The molecule has 0 aliphatic carbocycles. The van der Waals surface area contributed by atoms with E-state index in [1.165, 1.54) is 11.8 Å². The Labute approximate surface area is 111 Å². The molecule has 0 saturated carbocycles. The molecule has 7 nitrogen and oxygen atoms in total. The predicted octanol–water partition coefficient (Wildman–Crippen LogP) is -0.101. The van der Waals surface area contributed by atoms with Gasteiger partial charge in [-0.2, -0.15) is 0 Å². The summed E-state index contributed by atoms with van der Waals surface area (Å²) in [6.45, 7) is 8.35. The highest BCUT2D eigenvalue weighted by Gasteiger charge is 2.10. The molecule has 0 spiro atoms. The van der Waals surface area contributed by atoms with Crippen LogP contribution in [0.15, 0.2) is 5.16 Å². The Morgan fingerprint density at radius 1 is 1.50 bits per heavy atom. The van der Waals surface area contributed by atoms with Crippen molar-refractivity contribution in [3.63, 3.8) is 0 Å². The van der Waals surface area contributed by atoms with Crippen molar-refractivity contribution in [1.29, 1.82) is 0 Å². The van der Waals surface area contributed by atoms with Gasteiger partial charge < -0.3 is 10.6 Å². The fourth-order valence-electron chi connectivity index (χ4n) is 1.30. The Balaban J connectivity index is 2.37. The van der Waals surface area contributed by atoms with Gasteiger partial charge in [0.2, 0.25) is 11.1 Å². The van der Waals surface area contributed by atoms with E-state index in [1.807, 2.05) is 20.8 Å². The summed E-state index contributed by atoms with van der Waals surface area (Å²) in [6.07, 6.45) is 0. The van der Waals surface area contributed by atoms with Crippen LogP contribution in [0.25, 0.3) is 0 Å². The Morgan fingerprint density at radius 2 is 2.28 bits per heavy atom. The second kappa shape index (κ2) is 8.04. The molecule has 8 heteroatoms. The Bertz CT molecular complexity index is 367. The van der Waals surface area contributed by atoms with Gasteiger partial charge in [-0.05, 0) is 30.8 Å². The molecule has 0 aromatic carbocycles. The fourth-order valence-corrected chi connectivity index (χ4v) is 2.01. The lowest BCUT2D eigenvalue weighted by Crippen LogP contribution is -2.31. The third kappa shape index (κ3) is 5.46. The van der Waals surface area contributed by atoms with Crippen LogP contribution in [0, 0.1) is 0 Å². The third-order valence-electron chi connectivity index (χ3n) is 2.03. The number of rotatable bonds is 8. The largest absolute Gasteiger partial charge is 0.353 e. The van der Waals surface area contributed by atoms with Crippen LogP contribution in [0.1, 0.15) is 20.8 Å². The van der Waals surface area contributed by atoms with Crippen LogP contribution < -0.4 is 10.6 Å². The van der Waals surface area contributed by atoms with Crippen molar-refractivity contribution in [2.24, 2.45) is 0 Å². The molecule has 2 N–H and O–H groups in total. The van der Waals surface area contributed by atoms with E-state index in [0.29, 0.717) is 17.5 Å². The first kappa shape index (κ1) is 14.9. The zero-order chi connectivity index (χ0) is 13.4. The molecule has 102 valence electrons. The summed E-state index contributed by atoms with van der Waals surface area (Å²) in [7, 11) is 0. The Hall–Kier alpha value is -1.15. The van der Waals surface area contributed by atoms with Gasteiger partial charge in [0.1, 0.15) is 0 Å². The normalized spacial score (nSPS) is 10.9. The second-order valence-corrected chi connectivity index (χ2v) is 4.99. The van der Waals surface area contributed by atoms with Crippen LogP contribution >= 0.6 is 11.8 Å². The van der Waals surface area contributed by atoms with Gasteiger partial charge in [-0.1, -0.05) is 18.7 Å². The smallest absolute Gasteiger partial charge is 0.230 e. The minimum atomic E-state index is -0.00349. The van der Waals surface area contributed by atoms with E-state index >= 15 is 0 Å². The maximum Gasteiger partial charge on any atom is 0.230 e. The number of nitrogens with one attached hydrogen (secondary N) is 2. The molecule has 18 heavy (non-hydrogen) atoms. The predicted molar refractivity (Wildman–Crippen MR) is 70.4 cm³/mol. The first-order valence-corrected chi connectivity index (χ1v) is 7.01. The number of hydrogen-bond acceptors (Lipinski definition) is 6. The van der Waals surface area contributed by atoms with Crippen LogP contribution in [0.5, 0.6) is 0 Å². The number of hydrogen-bond donors (Lipinski definition) is 2. The third-order valence-corrected chi connectivity index (χ3v) is 2.99. The van der Waals surface area contributed by atoms with Gasteiger partial charge in [0, 0.05) is 12.6 Å². The number of nitrogens with zero attached hydrogens (tertiary/aromatic N) is 4. The number of likely N-dealkylation sites (N-methyl/N-ethyl adjacent to an activating group) is 1. The molecule has 0 saturated heterocycles. The van der Waals surface area contributed by atoms with Crippen molar-refractivity contribution < 1.29 is 4.79 Å². The van der Waals surface area contributed by atoms with Gasteiger partial charge in [-0.25, -0.2) is 4.68 Å². The summed E-state index contributed by atoms with van der Waals surface area (Å²) in [5.41, 5.74) is 0. The molecule has 0 aliphatic rings. The van der Waals surface area contributed by atoms with E-state index in [-0.39, 0.29) is 11.9 Å². The van der Waals surface area contributed by atoms with Crippen LogP contribution in [-0.2, 0) is 11.3 Å². The first-order chi connectivity index (χ1) is 8.63. The topological polar surface area (TPSA) is 84.7 Å². The number of thioether (sulfide) groups is 1. The SMILES string of the molecule is CCNCCn1nnnc1SCC(=O)NC(C)C. The summed E-state index contributed by atoms with van der Waals surface area (Å²) in [5.74, 6) is 0.330. The summed E-state index contributed by atoms with van der Waals surface area (Å²) in [4.78, 5) is 11.5. The molecular weight excluding hydrogens is 252 g/mol. The number of carbonyl (C=O) groups excluding carboxylic acids is 1. The minimum Gasteiger partial charge on any atom is -0.353 e. The lowest BCUT2D eigenvalue weighted by Gasteiger charge is -2.08. The van der Waals surface area contributed by atoms with Crippen molar-refractivity contribution in [2.45, 2.75) is 38.5 Å². The monoisotopic (exact) mass is 272 g/mol. The number of tetrazole rings is 1. The highest BCUT2D eigenvalue weighted by molar-refractivity contribution is 7.99. The van der Waals surface area contributed by atoms with E-state index in [2.05, 4.69) is 26.2 Å². The quantitative estimate of drug-likeness (QED) is 0.508. The number of aromatic nitrogens is 4. The van der Waals surface area contributed by atoms with Crippen molar-refractivity contribution in [3.8, 4) is 0 Å². The molecule has 1 amide bonds. The van der Waals surface area contributed by atoms with Crippen LogP contribution in [0.3, 0.4) is 0 Å². The number of carbonyl (C=O) groups is 1. The molecule has 0 fully saturated rings. The molecule has 0 bridgehead atoms. The van der Waals surface area contributed by atoms with Gasteiger partial charge in [0.05, 0.1) is 12.3 Å². The van der Waals surface area contributed by atoms with Gasteiger partial charge >= 0.3 is 0 Å². The van der Waals surface area contributed by atoms with Gasteiger partial charge in [0.15, 0.2) is 0 Å². The maximum absolute atomic E-state index is 11.5. The molecule has 1 aromatic heterocycles. The lowest BCUT2D eigenvalue weighted by atomic mass is 10.4. The Kier molecular flexibility index (Phi) is 6.66. The van der Waals surface area contributed by atoms with E-state index in [0.717, 1.165) is 13.1 Å².